The number of anilines is 2. The van der Waals surface area contributed by atoms with Crippen LogP contribution in [0.15, 0.2) is 36.7 Å². The van der Waals surface area contributed by atoms with Gasteiger partial charge in [-0.2, -0.15) is 0 Å². The van der Waals surface area contributed by atoms with E-state index < -0.39 is 0 Å². The van der Waals surface area contributed by atoms with Gasteiger partial charge in [0, 0.05) is 25.3 Å². The highest BCUT2D eigenvalue weighted by Crippen LogP contribution is 2.24. The predicted molar refractivity (Wildman–Crippen MR) is 80.2 cm³/mol. The molecule has 0 amide bonds. The molecule has 0 saturated carbocycles. The van der Waals surface area contributed by atoms with E-state index >= 15 is 0 Å². The quantitative estimate of drug-likeness (QED) is 0.875. The van der Waals surface area contributed by atoms with Gasteiger partial charge in [-0.15, -0.1) is 0 Å². The average molecular weight is 272 g/mol. The molecular weight excluding hydrogens is 252 g/mol. The molecule has 0 aliphatic heterocycles. The second-order valence-corrected chi connectivity index (χ2v) is 4.50. The number of hydrogen-bond acceptors (Lipinski definition) is 5. The topological polar surface area (TPSA) is 64.3 Å². The lowest BCUT2D eigenvalue weighted by atomic mass is 10.2. The van der Waals surface area contributed by atoms with Gasteiger partial charge in [-0.25, -0.2) is 9.97 Å². The van der Waals surface area contributed by atoms with Crippen molar-refractivity contribution >= 4 is 11.5 Å². The second-order valence-electron chi connectivity index (χ2n) is 4.50. The molecule has 0 radical (unpaired) electrons. The standard InChI is InChI=1S/C15H20N4O/c1-3-7-20-15-9-14(17-11-18-15)19(2)13-6-4-5-12(8-13)10-16/h4-6,8-9,11H,3,7,10,16H2,1-2H3. The monoisotopic (exact) mass is 272 g/mol. The molecule has 1 heterocycles. The minimum Gasteiger partial charge on any atom is -0.478 e. The van der Waals surface area contributed by atoms with E-state index in [0.717, 1.165) is 23.5 Å². The third kappa shape index (κ3) is 3.45. The molecule has 0 aliphatic carbocycles. The molecule has 2 aromatic rings. The maximum Gasteiger partial charge on any atom is 0.218 e. The minimum absolute atomic E-state index is 0.524. The van der Waals surface area contributed by atoms with Gasteiger partial charge in [-0.05, 0) is 24.1 Å². The Hall–Kier alpha value is -2.14. The summed E-state index contributed by atoms with van der Waals surface area (Å²) in [6, 6.07) is 9.91. The molecule has 5 heteroatoms. The number of benzene rings is 1. The molecule has 0 unspecified atom stereocenters. The van der Waals surface area contributed by atoms with Gasteiger partial charge in [0.2, 0.25) is 5.88 Å². The summed E-state index contributed by atoms with van der Waals surface area (Å²) in [4.78, 5) is 10.4. The SMILES string of the molecule is CCCOc1cc(N(C)c2cccc(CN)c2)ncn1. The van der Waals surface area contributed by atoms with Crippen LogP contribution >= 0.6 is 0 Å². The van der Waals surface area contributed by atoms with Crippen LogP contribution in [0.25, 0.3) is 0 Å². The predicted octanol–water partition coefficient (Wildman–Crippen LogP) is 2.49. The first-order chi connectivity index (χ1) is 9.74. The van der Waals surface area contributed by atoms with E-state index in [0.29, 0.717) is 19.0 Å². The molecule has 2 N–H and O–H groups in total. The summed E-state index contributed by atoms with van der Waals surface area (Å²) in [6.07, 6.45) is 2.47. The molecule has 0 bridgehead atoms. The van der Waals surface area contributed by atoms with Crippen molar-refractivity contribution in [1.82, 2.24) is 9.97 Å². The zero-order chi connectivity index (χ0) is 14.4. The Balaban J connectivity index is 2.21. The van der Waals surface area contributed by atoms with Crippen LogP contribution in [0, 0.1) is 0 Å². The lowest BCUT2D eigenvalue weighted by molar-refractivity contribution is 0.305. The third-order valence-corrected chi connectivity index (χ3v) is 2.96. The van der Waals surface area contributed by atoms with E-state index in [2.05, 4.69) is 23.0 Å². The summed E-state index contributed by atoms with van der Waals surface area (Å²) in [5.41, 5.74) is 7.80. The Kier molecular flexibility index (Phi) is 4.90. The van der Waals surface area contributed by atoms with Crippen molar-refractivity contribution in [2.24, 2.45) is 5.73 Å². The van der Waals surface area contributed by atoms with Crippen molar-refractivity contribution in [2.75, 3.05) is 18.6 Å². The highest BCUT2D eigenvalue weighted by Gasteiger charge is 2.08. The van der Waals surface area contributed by atoms with Gasteiger partial charge in [0.05, 0.1) is 6.61 Å². The van der Waals surface area contributed by atoms with Crippen molar-refractivity contribution < 1.29 is 4.74 Å². The van der Waals surface area contributed by atoms with Crippen molar-refractivity contribution in [3.05, 3.63) is 42.2 Å². The molecule has 0 fully saturated rings. The Labute approximate surface area is 119 Å². The summed E-state index contributed by atoms with van der Waals surface area (Å²) in [6.45, 7) is 3.24. The molecule has 106 valence electrons. The van der Waals surface area contributed by atoms with Crippen LogP contribution in [0.2, 0.25) is 0 Å². The van der Waals surface area contributed by atoms with E-state index in [1.807, 2.05) is 36.2 Å². The summed E-state index contributed by atoms with van der Waals surface area (Å²) in [5.74, 6) is 1.39. The fourth-order valence-corrected chi connectivity index (χ4v) is 1.82. The van der Waals surface area contributed by atoms with Gasteiger partial charge in [0.15, 0.2) is 0 Å². The molecular formula is C15H20N4O. The molecule has 0 aliphatic rings. The van der Waals surface area contributed by atoms with Crippen molar-refractivity contribution in [1.29, 1.82) is 0 Å². The average Bonchev–Trinajstić information content (AvgIpc) is 2.52. The van der Waals surface area contributed by atoms with Gasteiger partial charge in [0.25, 0.3) is 0 Å². The summed E-state index contributed by atoms with van der Waals surface area (Å²) >= 11 is 0. The van der Waals surface area contributed by atoms with Crippen LogP contribution < -0.4 is 15.4 Å². The van der Waals surface area contributed by atoms with Crippen LogP contribution in [0.1, 0.15) is 18.9 Å². The largest absolute Gasteiger partial charge is 0.478 e. The lowest BCUT2D eigenvalue weighted by Crippen LogP contribution is -2.12. The minimum atomic E-state index is 0.524. The van der Waals surface area contributed by atoms with Gasteiger partial charge < -0.3 is 15.4 Å². The first kappa shape index (κ1) is 14.3. The molecule has 5 nitrogen and oxygen atoms in total. The van der Waals surface area contributed by atoms with E-state index in [-0.39, 0.29) is 0 Å². The summed E-state index contributed by atoms with van der Waals surface area (Å²) in [5, 5.41) is 0. The van der Waals surface area contributed by atoms with Crippen LogP contribution in [0.5, 0.6) is 5.88 Å². The van der Waals surface area contributed by atoms with Crippen LogP contribution in [-0.4, -0.2) is 23.6 Å². The summed E-state index contributed by atoms with van der Waals surface area (Å²) in [7, 11) is 1.96. The molecule has 2 rings (SSSR count). The number of aromatic nitrogens is 2. The van der Waals surface area contributed by atoms with Crippen molar-refractivity contribution in [2.45, 2.75) is 19.9 Å². The van der Waals surface area contributed by atoms with Gasteiger partial charge >= 0.3 is 0 Å². The molecule has 0 saturated heterocycles. The Morgan fingerprint density at radius 1 is 1.25 bits per heavy atom. The first-order valence-corrected chi connectivity index (χ1v) is 6.72. The number of hydrogen-bond donors (Lipinski definition) is 1. The zero-order valence-electron chi connectivity index (χ0n) is 11.9. The van der Waals surface area contributed by atoms with E-state index in [1.165, 1.54) is 6.33 Å². The third-order valence-electron chi connectivity index (χ3n) is 2.96. The maximum absolute atomic E-state index is 5.67. The lowest BCUT2D eigenvalue weighted by Gasteiger charge is -2.19. The number of nitrogens with two attached hydrogens (primary N) is 1. The molecule has 0 spiro atoms. The second kappa shape index (κ2) is 6.86. The number of rotatable bonds is 6. The van der Waals surface area contributed by atoms with Gasteiger partial charge in [-0.3, -0.25) is 0 Å². The fraction of sp³-hybridized carbons (Fsp3) is 0.333. The van der Waals surface area contributed by atoms with Crippen molar-refractivity contribution in [3.63, 3.8) is 0 Å². The smallest absolute Gasteiger partial charge is 0.218 e. The van der Waals surface area contributed by atoms with Crippen LogP contribution in [0.4, 0.5) is 11.5 Å². The van der Waals surface area contributed by atoms with E-state index in [1.54, 1.807) is 0 Å². The van der Waals surface area contributed by atoms with Crippen molar-refractivity contribution in [3.8, 4) is 5.88 Å². The van der Waals surface area contributed by atoms with Gasteiger partial charge in [0.1, 0.15) is 12.1 Å². The fourth-order valence-electron chi connectivity index (χ4n) is 1.82. The molecule has 1 aromatic carbocycles. The maximum atomic E-state index is 5.67. The molecule has 1 aromatic heterocycles. The normalized spacial score (nSPS) is 10.3. The van der Waals surface area contributed by atoms with Crippen LogP contribution in [-0.2, 0) is 6.54 Å². The Morgan fingerprint density at radius 3 is 2.85 bits per heavy atom. The van der Waals surface area contributed by atoms with Crippen LogP contribution in [0.3, 0.4) is 0 Å². The molecule has 20 heavy (non-hydrogen) atoms. The molecule has 0 atom stereocenters. The number of nitrogens with zero attached hydrogens (tertiary/aromatic N) is 3. The van der Waals surface area contributed by atoms with E-state index in [9.17, 15) is 0 Å². The zero-order valence-corrected chi connectivity index (χ0v) is 11.9. The number of ether oxygens (including phenoxy) is 1. The van der Waals surface area contributed by atoms with E-state index in [4.69, 9.17) is 10.5 Å². The first-order valence-electron chi connectivity index (χ1n) is 6.72. The Morgan fingerprint density at radius 2 is 2.10 bits per heavy atom. The van der Waals surface area contributed by atoms with Gasteiger partial charge in [-0.1, -0.05) is 19.1 Å². The highest BCUT2D eigenvalue weighted by atomic mass is 16.5. The highest BCUT2D eigenvalue weighted by molar-refractivity contribution is 5.60. The summed E-state index contributed by atoms with van der Waals surface area (Å²) < 4.78 is 5.53. The Bertz CT molecular complexity index is 559.